The molecule has 1 unspecified atom stereocenters. The molecule has 2 aliphatic rings. The number of benzene rings is 1. The van der Waals surface area contributed by atoms with Crippen LogP contribution in [0.1, 0.15) is 36.1 Å². The Morgan fingerprint density at radius 2 is 2.07 bits per heavy atom. The summed E-state index contributed by atoms with van der Waals surface area (Å²) in [5.41, 5.74) is 7.48. The number of allylic oxidation sites excluding steroid dienone is 5. The topological polar surface area (TPSA) is 53.9 Å². The van der Waals surface area contributed by atoms with Crippen molar-refractivity contribution >= 4 is 34.1 Å². The van der Waals surface area contributed by atoms with Crippen molar-refractivity contribution in [1.29, 1.82) is 0 Å². The molecule has 27 heavy (non-hydrogen) atoms. The molecule has 0 aliphatic heterocycles. The third-order valence-electron chi connectivity index (χ3n) is 5.73. The highest BCUT2D eigenvalue weighted by Gasteiger charge is 2.22. The average Bonchev–Trinajstić information content (AvgIpc) is 3.21. The van der Waals surface area contributed by atoms with Gasteiger partial charge in [0.2, 0.25) is 0 Å². The van der Waals surface area contributed by atoms with Gasteiger partial charge in [0, 0.05) is 22.9 Å². The Hall–Kier alpha value is -3.01. The lowest BCUT2D eigenvalue weighted by Gasteiger charge is -2.23. The van der Waals surface area contributed by atoms with E-state index in [-0.39, 0.29) is 0 Å². The van der Waals surface area contributed by atoms with Gasteiger partial charge in [-0.25, -0.2) is 4.98 Å². The fourth-order valence-corrected chi connectivity index (χ4v) is 4.41. The van der Waals surface area contributed by atoms with E-state index in [0.29, 0.717) is 5.92 Å². The van der Waals surface area contributed by atoms with Gasteiger partial charge >= 0.3 is 0 Å². The highest BCUT2D eigenvalue weighted by Crippen LogP contribution is 2.37. The Morgan fingerprint density at radius 3 is 2.89 bits per heavy atom. The van der Waals surface area contributed by atoms with Gasteiger partial charge in [-0.3, -0.25) is 10.1 Å². The van der Waals surface area contributed by atoms with Gasteiger partial charge in [-0.15, -0.1) is 0 Å². The molecule has 0 fully saturated rings. The number of nitrogens with zero attached hydrogens (tertiary/aromatic N) is 3. The molecule has 0 amide bonds. The molecule has 5 rings (SSSR count). The highest BCUT2D eigenvalue weighted by molar-refractivity contribution is 6.07. The number of aromatic nitrogens is 3. The van der Waals surface area contributed by atoms with E-state index in [1.165, 1.54) is 46.0 Å². The third kappa shape index (κ3) is 2.72. The van der Waals surface area contributed by atoms with Crippen LogP contribution in [0.4, 0.5) is 0 Å². The molecular formula is C23H22N4. The van der Waals surface area contributed by atoms with Crippen LogP contribution in [0.2, 0.25) is 0 Å². The molecule has 0 spiro atoms. The van der Waals surface area contributed by atoms with E-state index >= 15 is 0 Å². The molecule has 2 heterocycles. The highest BCUT2D eigenvalue weighted by atomic mass is 15.1. The van der Waals surface area contributed by atoms with Gasteiger partial charge in [-0.1, -0.05) is 24.3 Å². The Balaban J connectivity index is 1.67. The lowest BCUT2D eigenvalue weighted by Crippen LogP contribution is -2.10. The van der Waals surface area contributed by atoms with E-state index in [4.69, 9.17) is 4.98 Å². The number of H-pyrrole nitrogens is 1. The summed E-state index contributed by atoms with van der Waals surface area (Å²) < 4.78 is 0. The molecule has 3 aromatic rings. The number of aromatic amines is 1. The molecular weight excluding hydrogens is 332 g/mol. The van der Waals surface area contributed by atoms with E-state index < -0.39 is 0 Å². The summed E-state index contributed by atoms with van der Waals surface area (Å²) in [6, 6.07) is 4.22. The smallest absolute Gasteiger partial charge is 0.0741 e. The summed E-state index contributed by atoms with van der Waals surface area (Å²) in [5.74, 6) is 0.390. The van der Waals surface area contributed by atoms with Crippen molar-refractivity contribution < 1.29 is 0 Å². The Bertz CT molecular complexity index is 1130. The fourth-order valence-electron chi connectivity index (χ4n) is 4.41. The van der Waals surface area contributed by atoms with Crippen LogP contribution in [0.25, 0.3) is 27.4 Å². The van der Waals surface area contributed by atoms with Gasteiger partial charge in [-0.05, 0) is 67.7 Å². The third-order valence-corrected chi connectivity index (χ3v) is 5.73. The molecule has 1 atom stereocenters. The number of pyridine rings is 1. The van der Waals surface area contributed by atoms with Crippen LogP contribution in [-0.2, 0) is 12.8 Å². The number of aryl methyl sites for hydroxylation is 1. The lowest BCUT2D eigenvalue weighted by atomic mass is 9.84. The van der Waals surface area contributed by atoms with Crippen molar-refractivity contribution in [3.05, 3.63) is 65.7 Å². The zero-order valence-corrected chi connectivity index (χ0v) is 15.3. The Kier molecular flexibility index (Phi) is 3.97. The SMILES string of the molecule is C=N/C=C\C1C=CC(c2nc3ccc4[nH]ncc4c3c3c2CCCC3)=CC1. The minimum Gasteiger partial charge on any atom is -0.278 e. The van der Waals surface area contributed by atoms with Crippen LogP contribution in [0, 0.1) is 5.92 Å². The number of aliphatic imine (C=N–C) groups is 1. The summed E-state index contributed by atoms with van der Waals surface area (Å²) in [4.78, 5) is 8.94. The van der Waals surface area contributed by atoms with Crippen molar-refractivity contribution in [2.75, 3.05) is 0 Å². The molecule has 0 saturated carbocycles. The number of fused-ring (bicyclic) bond motifs is 5. The summed E-state index contributed by atoms with van der Waals surface area (Å²) in [6.07, 6.45) is 18.3. The number of nitrogens with one attached hydrogen (secondary N) is 1. The van der Waals surface area contributed by atoms with E-state index in [9.17, 15) is 0 Å². The second-order valence-corrected chi connectivity index (χ2v) is 7.36. The van der Waals surface area contributed by atoms with E-state index in [2.05, 4.69) is 58.3 Å². The standard InChI is InChI=1S/C23H22N4/c1-24-13-12-15-6-8-16(9-7-15)23-18-5-3-2-4-17(18)22-19-14-25-27-20(19)10-11-21(22)26-23/h6,8-15H,1-5,7H2,(H,25,27)/b13-12-. The van der Waals surface area contributed by atoms with Gasteiger partial charge in [0.1, 0.15) is 0 Å². The molecule has 0 saturated heterocycles. The number of rotatable bonds is 3. The van der Waals surface area contributed by atoms with E-state index in [1.54, 1.807) is 6.20 Å². The summed E-state index contributed by atoms with van der Waals surface area (Å²) in [7, 11) is 0. The van der Waals surface area contributed by atoms with Crippen molar-refractivity contribution in [2.24, 2.45) is 10.9 Å². The quantitative estimate of drug-likeness (QED) is 0.660. The largest absolute Gasteiger partial charge is 0.278 e. The zero-order chi connectivity index (χ0) is 18.2. The van der Waals surface area contributed by atoms with Crippen LogP contribution in [0.5, 0.6) is 0 Å². The monoisotopic (exact) mass is 354 g/mol. The maximum absolute atomic E-state index is 5.12. The first-order valence-corrected chi connectivity index (χ1v) is 9.64. The van der Waals surface area contributed by atoms with Crippen molar-refractivity contribution in [3.63, 3.8) is 0 Å². The fraction of sp³-hybridized carbons (Fsp3) is 0.261. The normalized spacial score (nSPS) is 19.6. The number of hydrogen-bond donors (Lipinski definition) is 1. The maximum Gasteiger partial charge on any atom is 0.0741 e. The van der Waals surface area contributed by atoms with Crippen molar-refractivity contribution in [1.82, 2.24) is 15.2 Å². The first-order chi connectivity index (χ1) is 13.3. The molecule has 1 N–H and O–H groups in total. The maximum atomic E-state index is 5.12. The van der Waals surface area contributed by atoms with Gasteiger partial charge in [-0.2, -0.15) is 5.10 Å². The molecule has 1 aromatic carbocycles. The van der Waals surface area contributed by atoms with Gasteiger partial charge in [0.25, 0.3) is 0 Å². The van der Waals surface area contributed by atoms with E-state index in [0.717, 1.165) is 30.3 Å². The molecule has 2 aliphatic carbocycles. The lowest BCUT2D eigenvalue weighted by molar-refractivity contribution is 0.686. The Labute approximate surface area is 158 Å². The summed E-state index contributed by atoms with van der Waals surface area (Å²) in [6.45, 7) is 3.51. The van der Waals surface area contributed by atoms with Gasteiger partial charge < -0.3 is 0 Å². The van der Waals surface area contributed by atoms with Crippen LogP contribution in [0.15, 0.2) is 53.8 Å². The summed E-state index contributed by atoms with van der Waals surface area (Å²) in [5, 5.41) is 9.83. The van der Waals surface area contributed by atoms with Crippen LogP contribution >= 0.6 is 0 Å². The molecule has 4 heteroatoms. The molecule has 2 aromatic heterocycles. The first-order valence-electron chi connectivity index (χ1n) is 9.64. The van der Waals surface area contributed by atoms with Crippen LogP contribution in [-0.4, -0.2) is 21.9 Å². The zero-order valence-electron chi connectivity index (χ0n) is 15.3. The van der Waals surface area contributed by atoms with Crippen molar-refractivity contribution in [3.8, 4) is 0 Å². The van der Waals surface area contributed by atoms with Crippen molar-refractivity contribution in [2.45, 2.75) is 32.1 Å². The van der Waals surface area contributed by atoms with E-state index in [1.807, 2.05) is 6.20 Å². The molecule has 134 valence electrons. The second-order valence-electron chi connectivity index (χ2n) is 7.36. The minimum absolute atomic E-state index is 0.390. The molecule has 0 bridgehead atoms. The predicted molar refractivity (Wildman–Crippen MR) is 112 cm³/mol. The average molecular weight is 354 g/mol. The molecule has 0 radical (unpaired) electrons. The summed E-state index contributed by atoms with van der Waals surface area (Å²) >= 11 is 0. The Morgan fingerprint density at radius 1 is 1.19 bits per heavy atom. The first kappa shape index (κ1) is 16.2. The van der Waals surface area contributed by atoms with Gasteiger partial charge in [0.15, 0.2) is 0 Å². The predicted octanol–water partition coefficient (Wildman–Crippen LogP) is 5.16. The molecule has 4 nitrogen and oxygen atoms in total. The van der Waals surface area contributed by atoms with Gasteiger partial charge in [0.05, 0.1) is 22.9 Å². The number of hydrogen-bond acceptors (Lipinski definition) is 3. The second kappa shape index (κ2) is 6.62. The van der Waals surface area contributed by atoms with Crippen LogP contribution < -0.4 is 0 Å². The van der Waals surface area contributed by atoms with Crippen LogP contribution in [0.3, 0.4) is 0 Å². The minimum atomic E-state index is 0.390.